The van der Waals surface area contributed by atoms with E-state index in [1.54, 1.807) is 6.20 Å². The summed E-state index contributed by atoms with van der Waals surface area (Å²) in [5.41, 5.74) is 5.14. The van der Waals surface area contributed by atoms with Gasteiger partial charge in [-0.25, -0.2) is 15.0 Å². The molecule has 1 unspecified atom stereocenters. The van der Waals surface area contributed by atoms with Crippen LogP contribution in [0, 0.1) is 0 Å². The average Bonchev–Trinajstić information content (AvgIpc) is 3.60. The lowest BCUT2D eigenvalue weighted by Gasteiger charge is -2.36. The van der Waals surface area contributed by atoms with Crippen molar-refractivity contribution in [2.75, 3.05) is 56.0 Å². The monoisotopic (exact) mass is 720 g/mol. The fraction of sp³-hybridized carbons (Fsp3) is 0.463. The van der Waals surface area contributed by atoms with Crippen LogP contribution in [-0.4, -0.2) is 90.8 Å². The Bertz CT molecular complexity index is 1740. The number of pyridine rings is 1. The first-order valence-electron chi connectivity index (χ1n) is 18.8. The Hall–Kier alpha value is -4.16. The van der Waals surface area contributed by atoms with Gasteiger partial charge in [0.05, 0.1) is 18.8 Å². The fourth-order valence-electron chi connectivity index (χ4n) is 6.66. The molecule has 0 aliphatic carbocycles. The fourth-order valence-corrected chi connectivity index (χ4v) is 7.62. The second-order valence-electron chi connectivity index (χ2n) is 15.7. The Labute approximate surface area is 311 Å². The molecule has 4 heterocycles. The van der Waals surface area contributed by atoms with Crippen LogP contribution in [0.5, 0.6) is 0 Å². The molecule has 2 fully saturated rings. The van der Waals surface area contributed by atoms with Gasteiger partial charge in [-0.05, 0) is 78.9 Å². The number of aromatic nitrogens is 3. The van der Waals surface area contributed by atoms with Crippen molar-refractivity contribution in [1.82, 2.24) is 30.1 Å². The van der Waals surface area contributed by atoms with E-state index in [-0.39, 0.29) is 10.9 Å². The Kier molecular flexibility index (Phi) is 12.4. The minimum atomic E-state index is -1.84. The normalized spacial score (nSPS) is 17.3. The van der Waals surface area contributed by atoms with Gasteiger partial charge in [0, 0.05) is 75.5 Å². The second-order valence-corrected chi connectivity index (χ2v) is 20.5. The lowest BCUT2D eigenvalue weighted by Crippen LogP contribution is -2.49. The molecule has 0 saturated carbocycles. The van der Waals surface area contributed by atoms with Crippen molar-refractivity contribution in [3.05, 3.63) is 96.3 Å². The minimum absolute atomic E-state index is 0.116. The number of piperazine rings is 1. The number of hydrogen-bond donors (Lipinski definition) is 2. The zero-order valence-electron chi connectivity index (χ0n) is 31.6. The summed E-state index contributed by atoms with van der Waals surface area (Å²) >= 11 is 0. The molecular weight excluding hydrogens is 665 g/mol. The van der Waals surface area contributed by atoms with E-state index in [0.717, 1.165) is 86.9 Å². The molecule has 2 aromatic heterocycles. The van der Waals surface area contributed by atoms with E-state index in [9.17, 15) is 4.79 Å². The van der Waals surface area contributed by atoms with Crippen LogP contribution in [-0.2, 0) is 22.4 Å². The number of anilines is 3. The molecule has 0 bridgehead atoms. The number of amides is 1. The summed E-state index contributed by atoms with van der Waals surface area (Å²) in [6.07, 6.45) is 6.81. The van der Waals surface area contributed by atoms with Gasteiger partial charge in [0.2, 0.25) is 11.9 Å². The Morgan fingerprint density at radius 3 is 2.42 bits per heavy atom. The summed E-state index contributed by atoms with van der Waals surface area (Å²) in [6.45, 7) is 18.8. The SMILES string of the molecule is CC(C)(C)[Si](C)(C)OCc1cccc(Nc2nccc(-c3ccc(N4CCCC4CCNC(=O)CN4CCN(Cc5ccccc5)CC4)nc3)n2)c1. The van der Waals surface area contributed by atoms with E-state index in [0.29, 0.717) is 31.7 Å². The Balaban J connectivity index is 0.958. The number of hydrogen-bond acceptors (Lipinski definition) is 9. The van der Waals surface area contributed by atoms with Crippen molar-refractivity contribution in [1.29, 1.82) is 0 Å². The van der Waals surface area contributed by atoms with Gasteiger partial charge in [-0.2, -0.15) is 0 Å². The number of rotatable bonds is 14. The molecule has 2 N–H and O–H groups in total. The predicted octanol–water partition coefficient (Wildman–Crippen LogP) is 7.10. The second kappa shape index (κ2) is 17.1. The van der Waals surface area contributed by atoms with Crippen LogP contribution in [0.4, 0.5) is 17.5 Å². The predicted molar refractivity (Wildman–Crippen MR) is 213 cm³/mol. The molecule has 52 heavy (non-hydrogen) atoms. The van der Waals surface area contributed by atoms with Gasteiger partial charge >= 0.3 is 0 Å². The summed E-state index contributed by atoms with van der Waals surface area (Å²) in [5.74, 6) is 1.62. The third kappa shape index (κ3) is 10.2. The number of carbonyl (C=O) groups is 1. The summed E-state index contributed by atoms with van der Waals surface area (Å²) in [7, 11) is -1.84. The standard InChI is InChI=1S/C41H56N8O2Si/c1-41(2,3)52(4,5)51-31-33-13-9-14-35(27-33)45-40-43-21-19-37(46-40)34-16-17-38(44-28-34)49-22-10-15-36(49)18-20-42-39(50)30-48-25-23-47(24-26-48)29-32-11-7-6-8-12-32/h6-9,11-14,16-17,19,21,27-28,36H,10,15,18,20,22-26,29-31H2,1-5H3,(H,42,50)(H,43,45,46). The third-order valence-electron chi connectivity index (χ3n) is 10.8. The Morgan fingerprint density at radius 2 is 1.67 bits per heavy atom. The highest BCUT2D eigenvalue weighted by molar-refractivity contribution is 6.74. The molecule has 0 spiro atoms. The average molecular weight is 721 g/mol. The Morgan fingerprint density at radius 1 is 0.904 bits per heavy atom. The van der Waals surface area contributed by atoms with Crippen LogP contribution in [0.1, 0.15) is 51.2 Å². The maximum atomic E-state index is 12.8. The quantitative estimate of drug-likeness (QED) is 0.132. The van der Waals surface area contributed by atoms with Gasteiger partial charge < -0.3 is 20.0 Å². The lowest BCUT2D eigenvalue weighted by molar-refractivity contribution is -0.122. The van der Waals surface area contributed by atoms with Crippen molar-refractivity contribution in [2.45, 2.75) is 77.4 Å². The number of nitrogens with one attached hydrogen (secondary N) is 2. The maximum absolute atomic E-state index is 12.8. The molecule has 10 nitrogen and oxygen atoms in total. The van der Waals surface area contributed by atoms with Crippen LogP contribution >= 0.6 is 0 Å². The van der Waals surface area contributed by atoms with Crippen LogP contribution in [0.15, 0.2) is 85.2 Å². The van der Waals surface area contributed by atoms with E-state index in [1.165, 1.54) is 5.56 Å². The molecule has 0 radical (unpaired) electrons. The van der Waals surface area contributed by atoms with Gasteiger partial charge in [0.15, 0.2) is 8.32 Å². The number of carbonyl (C=O) groups excluding carboxylic acids is 1. The highest BCUT2D eigenvalue weighted by Gasteiger charge is 2.37. The summed E-state index contributed by atoms with van der Waals surface area (Å²) in [6, 6.07) is 25.3. The molecule has 2 aliphatic heterocycles. The highest BCUT2D eigenvalue weighted by Crippen LogP contribution is 2.37. The zero-order chi connectivity index (χ0) is 36.6. The molecular formula is C41H56N8O2Si. The molecule has 2 saturated heterocycles. The minimum Gasteiger partial charge on any atom is -0.413 e. The maximum Gasteiger partial charge on any atom is 0.234 e. The van der Waals surface area contributed by atoms with Gasteiger partial charge in [0.1, 0.15) is 5.82 Å². The van der Waals surface area contributed by atoms with Crippen LogP contribution in [0.3, 0.4) is 0 Å². The van der Waals surface area contributed by atoms with E-state index >= 15 is 0 Å². The molecule has 6 rings (SSSR count). The number of benzene rings is 2. The topological polar surface area (TPSA) is 98.8 Å². The zero-order valence-corrected chi connectivity index (χ0v) is 32.6. The first-order chi connectivity index (χ1) is 25.0. The van der Waals surface area contributed by atoms with Gasteiger partial charge in [-0.15, -0.1) is 0 Å². The lowest BCUT2D eigenvalue weighted by atomic mass is 10.1. The molecule has 2 aromatic carbocycles. The van der Waals surface area contributed by atoms with E-state index in [4.69, 9.17) is 14.4 Å². The van der Waals surface area contributed by atoms with Gasteiger partial charge in [0.25, 0.3) is 0 Å². The van der Waals surface area contributed by atoms with Crippen molar-refractivity contribution >= 4 is 31.7 Å². The largest absolute Gasteiger partial charge is 0.413 e. The van der Waals surface area contributed by atoms with Crippen molar-refractivity contribution < 1.29 is 9.22 Å². The first kappa shape index (κ1) is 37.6. The summed E-state index contributed by atoms with van der Waals surface area (Å²) < 4.78 is 6.44. The van der Waals surface area contributed by atoms with Crippen LogP contribution < -0.4 is 15.5 Å². The smallest absolute Gasteiger partial charge is 0.234 e. The van der Waals surface area contributed by atoms with Crippen LogP contribution in [0.25, 0.3) is 11.3 Å². The van der Waals surface area contributed by atoms with E-state index in [1.807, 2.05) is 24.4 Å². The van der Waals surface area contributed by atoms with Gasteiger partial charge in [-0.3, -0.25) is 14.6 Å². The molecule has 1 atom stereocenters. The van der Waals surface area contributed by atoms with E-state index in [2.05, 4.69) is 119 Å². The van der Waals surface area contributed by atoms with Crippen molar-refractivity contribution in [3.63, 3.8) is 0 Å². The summed E-state index contributed by atoms with van der Waals surface area (Å²) in [4.78, 5) is 34.1. The van der Waals surface area contributed by atoms with Crippen molar-refractivity contribution in [3.8, 4) is 11.3 Å². The molecule has 1 amide bonds. The molecule has 276 valence electrons. The summed E-state index contributed by atoms with van der Waals surface area (Å²) in [5, 5.41) is 6.73. The molecule has 4 aromatic rings. The van der Waals surface area contributed by atoms with Gasteiger partial charge in [-0.1, -0.05) is 63.2 Å². The molecule has 11 heteroatoms. The van der Waals surface area contributed by atoms with Crippen molar-refractivity contribution in [2.24, 2.45) is 0 Å². The number of nitrogens with zero attached hydrogens (tertiary/aromatic N) is 6. The van der Waals surface area contributed by atoms with Crippen LogP contribution in [0.2, 0.25) is 18.1 Å². The molecule has 2 aliphatic rings. The first-order valence-corrected chi connectivity index (χ1v) is 21.7. The highest BCUT2D eigenvalue weighted by atomic mass is 28.4. The third-order valence-corrected chi connectivity index (χ3v) is 15.3. The van der Waals surface area contributed by atoms with E-state index < -0.39 is 8.32 Å².